The SMILES string of the molecule is N#CCCNS(=O)(=O)c1ccc(C(=O)Nc2cccc(OCc3cccc(F)c3)c2)cc1. The van der Waals surface area contributed by atoms with E-state index >= 15 is 0 Å². The third-order valence-electron chi connectivity index (χ3n) is 4.34. The molecule has 0 atom stereocenters. The fourth-order valence-corrected chi connectivity index (χ4v) is 3.80. The Kier molecular flexibility index (Phi) is 7.54. The molecule has 164 valence electrons. The van der Waals surface area contributed by atoms with Gasteiger partial charge in [0.2, 0.25) is 10.0 Å². The van der Waals surface area contributed by atoms with Gasteiger partial charge in [-0.25, -0.2) is 17.5 Å². The molecule has 0 fully saturated rings. The molecule has 0 aliphatic carbocycles. The lowest BCUT2D eigenvalue weighted by molar-refractivity contribution is 0.102. The highest BCUT2D eigenvalue weighted by molar-refractivity contribution is 7.89. The molecular formula is C23H20FN3O4S. The first-order valence-corrected chi connectivity index (χ1v) is 11.1. The number of anilines is 1. The van der Waals surface area contributed by atoms with Gasteiger partial charge in [-0.3, -0.25) is 4.79 Å². The smallest absolute Gasteiger partial charge is 0.255 e. The maximum absolute atomic E-state index is 13.3. The average molecular weight is 453 g/mol. The number of nitrogens with one attached hydrogen (secondary N) is 2. The summed E-state index contributed by atoms with van der Waals surface area (Å²) in [7, 11) is -3.74. The van der Waals surface area contributed by atoms with Crippen LogP contribution < -0.4 is 14.8 Å². The molecule has 1 amide bonds. The molecule has 9 heteroatoms. The molecule has 0 radical (unpaired) electrons. The number of sulfonamides is 1. The summed E-state index contributed by atoms with van der Waals surface area (Å²) < 4.78 is 45.5. The minimum Gasteiger partial charge on any atom is -0.489 e. The van der Waals surface area contributed by atoms with Crippen molar-refractivity contribution < 1.29 is 22.3 Å². The summed E-state index contributed by atoms with van der Waals surface area (Å²) >= 11 is 0. The third-order valence-corrected chi connectivity index (χ3v) is 5.82. The maximum atomic E-state index is 13.3. The van der Waals surface area contributed by atoms with Crippen molar-refractivity contribution in [2.45, 2.75) is 17.9 Å². The zero-order chi connectivity index (χ0) is 23.0. The first kappa shape index (κ1) is 22.9. The molecular weight excluding hydrogens is 433 g/mol. The van der Waals surface area contributed by atoms with Crippen molar-refractivity contribution in [3.8, 4) is 11.8 Å². The van der Waals surface area contributed by atoms with E-state index in [4.69, 9.17) is 10.00 Å². The molecule has 0 heterocycles. The Morgan fingerprint density at radius 2 is 1.78 bits per heavy atom. The second kappa shape index (κ2) is 10.5. The van der Waals surface area contributed by atoms with Gasteiger partial charge in [0, 0.05) is 30.3 Å². The van der Waals surface area contributed by atoms with E-state index in [1.165, 1.54) is 36.4 Å². The molecule has 0 aromatic heterocycles. The van der Waals surface area contributed by atoms with Crippen LogP contribution in [0.25, 0.3) is 0 Å². The average Bonchev–Trinajstić information content (AvgIpc) is 2.78. The Morgan fingerprint density at radius 1 is 1.03 bits per heavy atom. The molecule has 32 heavy (non-hydrogen) atoms. The van der Waals surface area contributed by atoms with Crippen molar-refractivity contribution in [1.29, 1.82) is 5.26 Å². The van der Waals surface area contributed by atoms with Crippen molar-refractivity contribution in [2.75, 3.05) is 11.9 Å². The number of hydrogen-bond donors (Lipinski definition) is 2. The van der Waals surface area contributed by atoms with E-state index in [1.807, 2.05) is 6.07 Å². The fraction of sp³-hybridized carbons (Fsp3) is 0.130. The van der Waals surface area contributed by atoms with Crippen molar-refractivity contribution in [3.05, 3.63) is 89.7 Å². The Hall–Kier alpha value is -3.74. The van der Waals surface area contributed by atoms with Crippen LogP contribution in [-0.2, 0) is 16.6 Å². The van der Waals surface area contributed by atoms with Crippen LogP contribution in [-0.4, -0.2) is 20.9 Å². The number of amides is 1. The number of halogens is 1. The summed E-state index contributed by atoms with van der Waals surface area (Å²) in [5.41, 5.74) is 1.44. The van der Waals surface area contributed by atoms with Gasteiger partial charge in [-0.1, -0.05) is 18.2 Å². The van der Waals surface area contributed by atoms with E-state index in [-0.39, 0.29) is 35.8 Å². The van der Waals surface area contributed by atoms with E-state index in [0.29, 0.717) is 17.0 Å². The number of ether oxygens (including phenoxy) is 1. The van der Waals surface area contributed by atoms with E-state index in [2.05, 4.69) is 10.0 Å². The highest BCUT2D eigenvalue weighted by Crippen LogP contribution is 2.20. The normalized spacial score (nSPS) is 10.9. The summed E-state index contributed by atoms with van der Waals surface area (Å²) in [6.45, 7) is 0.187. The van der Waals surface area contributed by atoms with Crippen LogP contribution in [0.2, 0.25) is 0 Å². The minimum atomic E-state index is -3.74. The van der Waals surface area contributed by atoms with E-state index in [9.17, 15) is 17.6 Å². The zero-order valence-electron chi connectivity index (χ0n) is 16.9. The number of carbonyl (C=O) groups excluding carboxylic acids is 1. The van der Waals surface area contributed by atoms with Crippen LogP contribution >= 0.6 is 0 Å². The van der Waals surface area contributed by atoms with Crippen molar-refractivity contribution in [3.63, 3.8) is 0 Å². The Labute approximate surface area is 185 Å². The van der Waals surface area contributed by atoms with Crippen LogP contribution in [0.3, 0.4) is 0 Å². The Morgan fingerprint density at radius 3 is 2.50 bits per heavy atom. The van der Waals surface area contributed by atoms with Crippen LogP contribution in [0.4, 0.5) is 10.1 Å². The predicted octanol–water partition coefficient (Wildman–Crippen LogP) is 3.85. The van der Waals surface area contributed by atoms with Gasteiger partial charge in [0.05, 0.1) is 11.0 Å². The second-order valence-corrected chi connectivity index (χ2v) is 8.50. The molecule has 3 aromatic rings. The van der Waals surface area contributed by atoms with E-state index < -0.39 is 15.9 Å². The summed E-state index contributed by atoms with van der Waals surface area (Å²) in [6.07, 6.45) is 0.0603. The van der Waals surface area contributed by atoms with Gasteiger partial charge in [0.1, 0.15) is 18.2 Å². The van der Waals surface area contributed by atoms with Gasteiger partial charge in [-0.05, 0) is 54.1 Å². The summed E-state index contributed by atoms with van der Waals surface area (Å²) in [5, 5.41) is 11.2. The first-order valence-electron chi connectivity index (χ1n) is 9.63. The highest BCUT2D eigenvalue weighted by Gasteiger charge is 2.14. The molecule has 3 aromatic carbocycles. The molecule has 0 aliphatic rings. The largest absolute Gasteiger partial charge is 0.489 e. The second-order valence-electron chi connectivity index (χ2n) is 6.73. The molecule has 3 rings (SSSR count). The van der Waals surface area contributed by atoms with Gasteiger partial charge in [-0.15, -0.1) is 0 Å². The maximum Gasteiger partial charge on any atom is 0.255 e. The number of nitrogens with zero attached hydrogens (tertiary/aromatic N) is 1. The quantitative estimate of drug-likeness (QED) is 0.479. The molecule has 0 aliphatic heterocycles. The third kappa shape index (κ3) is 6.38. The number of hydrogen-bond acceptors (Lipinski definition) is 5. The van der Waals surface area contributed by atoms with Gasteiger partial charge >= 0.3 is 0 Å². The molecule has 0 saturated heterocycles. The number of rotatable bonds is 9. The zero-order valence-corrected chi connectivity index (χ0v) is 17.7. The van der Waals surface area contributed by atoms with Gasteiger partial charge in [-0.2, -0.15) is 5.26 Å². The lowest BCUT2D eigenvalue weighted by Gasteiger charge is -2.10. The van der Waals surface area contributed by atoms with E-state index in [1.54, 1.807) is 36.4 Å². The molecule has 0 saturated carbocycles. The number of carbonyl (C=O) groups is 1. The summed E-state index contributed by atoms with van der Waals surface area (Å²) in [4.78, 5) is 12.5. The van der Waals surface area contributed by atoms with E-state index in [0.717, 1.165) is 0 Å². The Bertz CT molecular complexity index is 1240. The lowest BCUT2D eigenvalue weighted by atomic mass is 10.2. The number of benzene rings is 3. The fourth-order valence-electron chi connectivity index (χ4n) is 2.77. The van der Waals surface area contributed by atoms with Crippen molar-refractivity contribution in [1.82, 2.24) is 4.72 Å². The van der Waals surface area contributed by atoms with Gasteiger partial charge < -0.3 is 10.1 Å². The monoisotopic (exact) mass is 453 g/mol. The topological polar surface area (TPSA) is 108 Å². The standard InChI is InChI=1S/C23H20FN3O4S/c24-19-5-1-4-17(14-19)16-31-21-7-2-6-20(15-21)27-23(28)18-8-10-22(11-9-18)32(29,30)26-13-3-12-25/h1-2,4-11,14-15,26H,3,13,16H2,(H,27,28). The first-order chi connectivity index (χ1) is 15.4. The molecule has 0 unspecified atom stereocenters. The van der Waals surface area contributed by atoms with Gasteiger partial charge in [0.25, 0.3) is 5.91 Å². The summed E-state index contributed by atoms with van der Waals surface area (Å²) in [6, 6.07) is 20.1. The van der Waals surface area contributed by atoms with Crippen molar-refractivity contribution in [2.24, 2.45) is 0 Å². The molecule has 0 spiro atoms. The van der Waals surface area contributed by atoms with Gasteiger partial charge in [0.15, 0.2) is 0 Å². The van der Waals surface area contributed by atoms with Crippen molar-refractivity contribution >= 4 is 21.6 Å². The molecule has 2 N–H and O–H groups in total. The number of nitriles is 1. The van der Waals surface area contributed by atoms with Crippen LogP contribution in [0.5, 0.6) is 5.75 Å². The highest BCUT2D eigenvalue weighted by atomic mass is 32.2. The Balaban J connectivity index is 1.62. The van der Waals surface area contributed by atoms with Crippen LogP contribution in [0.15, 0.2) is 77.7 Å². The minimum absolute atomic E-state index is 0.000245. The lowest BCUT2D eigenvalue weighted by Crippen LogP contribution is -2.24. The van der Waals surface area contributed by atoms with Crippen LogP contribution in [0, 0.1) is 17.1 Å². The molecule has 7 nitrogen and oxygen atoms in total. The predicted molar refractivity (Wildman–Crippen MR) is 117 cm³/mol. The van der Waals surface area contributed by atoms with Crippen LogP contribution in [0.1, 0.15) is 22.3 Å². The molecule has 0 bridgehead atoms. The summed E-state index contributed by atoms with van der Waals surface area (Å²) in [5.74, 6) is -0.269.